The Bertz CT molecular complexity index is 468. The van der Waals surface area contributed by atoms with Gasteiger partial charge in [0.05, 0.1) is 5.56 Å². The number of hydrogen-bond acceptors (Lipinski definition) is 4. The number of rotatable bonds is 5. The van der Waals surface area contributed by atoms with E-state index in [0.29, 0.717) is 12.2 Å². The molecule has 1 amide bonds. The molecule has 0 spiro atoms. The first-order valence-corrected chi connectivity index (χ1v) is 7.15. The molecule has 0 fully saturated rings. The van der Waals surface area contributed by atoms with Crippen LogP contribution in [0.2, 0.25) is 0 Å². The molecule has 100 valence electrons. The fraction of sp³-hybridized carbons (Fsp3) is 0.455. The highest BCUT2D eigenvalue weighted by Gasteiger charge is 2.16. The lowest BCUT2D eigenvalue weighted by molar-refractivity contribution is 0.0935. The lowest BCUT2D eigenvalue weighted by atomic mass is 10.2. The molecule has 0 radical (unpaired) electrons. The number of amides is 1. The van der Waals surface area contributed by atoms with Gasteiger partial charge in [0, 0.05) is 35.0 Å². The molecule has 3 N–H and O–H groups in total. The van der Waals surface area contributed by atoms with Gasteiger partial charge in [0.25, 0.3) is 5.91 Å². The molecule has 0 aromatic carbocycles. The summed E-state index contributed by atoms with van der Waals surface area (Å²) >= 11 is 0. The quantitative estimate of drug-likeness (QED) is 0.826. The van der Waals surface area contributed by atoms with Crippen molar-refractivity contribution in [3.63, 3.8) is 0 Å². The topological polar surface area (TPSA) is 85.1 Å². The number of halogens is 1. The first kappa shape index (κ1) is 14.6. The molecule has 1 aromatic rings. The molecule has 0 saturated carbocycles. The van der Waals surface area contributed by atoms with Gasteiger partial charge >= 0.3 is 0 Å². The second-order valence-electron chi connectivity index (χ2n) is 4.00. The maximum Gasteiger partial charge on any atom is 0.254 e. The first-order valence-electron chi connectivity index (χ1n) is 5.42. The molecule has 0 aliphatic heterocycles. The molecular weight excluding hydrogens is 257 g/mol. The van der Waals surface area contributed by atoms with Crippen LogP contribution < -0.4 is 11.1 Å². The number of carbonyl (C=O) groups excluding carboxylic acids is 1. The van der Waals surface area contributed by atoms with Crippen LogP contribution in [0.25, 0.3) is 0 Å². The summed E-state index contributed by atoms with van der Waals surface area (Å²) in [5.74, 6) is -1.18. The molecule has 7 heteroatoms. The average Bonchev–Trinajstić information content (AvgIpc) is 2.30. The smallest absolute Gasteiger partial charge is 0.254 e. The van der Waals surface area contributed by atoms with Crippen molar-refractivity contribution >= 4 is 22.5 Å². The van der Waals surface area contributed by atoms with Crippen molar-refractivity contribution in [2.75, 3.05) is 17.7 Å². The van der Waals surface area contributed by atoms with Crippen LogP contribution in [0.4, 0.5) is 10.2 Å². The van der Waals surface area contributed by atoms with Crippen molar-refractivity contribution in [3.05, 3.63) is 23.6 Å². The van der Waals surface area contributed by atoms with Gasteiger partial charge in [-0.25, -0.2) is 9.37 Å². The number of aromatic nitrogens is 1. The Morgan fingerprint density at radius 2 is 2.33 bits per heavy atom. The third-order valence-corrected chi connectivity index (χ3v) is 3.19. The van der Waals surface area contributed by atoms with Gasteiger partial charge in [-0.3, -0.25) is 9.00 Å². The van der Waals surface area contributed by atoms with Gasteiger partial charge in [-0.2, -0.15) is 0 Å². The van der Waals surface area contributed by atoms with Crippen LogP contribution in [-0.2, 0) is 10.8 Å². The number of nitrogens with two attached hydrogens (primary N) is 1. The van der Waals surface area contributed by atoms with Crippen LogP contribution in [-0.4, -0.2) is 33.2 Å². The number of carbonyl (C=O) groups is 1. The van der Waals surface area contributed by atoms with Crippen LogP contribution in [0.5, 0.6) is 0 Å². The highest BCUT2D eigenvalue weighted by Crippen LogP contribution is 2.11. The number of nitrogen functional groups attached to an aromatic ring is 1. The minimum Gasteiger partial charge on any atom is -0.381 e. The lowest BCUT2D eigenvalue weighted by Crippen LogP contribution is -2.34. The van der Waals surface area contributed by atoms with Gasteiger partial charge in [0.2, 0.25) is 0 Å². The third kappa shape index (κ3) is 4.06. The highest BCUT2D eigenvalue weighted by atomic mass is 32.2. The van der Waals surface area contributed by atoms with Gasteiger partial charge < -0.3 is 11.1 Å². The summed E-state index contributed by atoms with van der Waals surface area (Å²) in [6, 6.07) is 1.08. The van der Waals surface area contributed by atoms with Crippen LogP contribution in [0.1, 0.15) is 23.7 Å². The van der Waals surface area contributed by atoms with E-state index in [0.717, 1.165) is 0 Å². The average molecular weight is 273 g/mol. The minimum absolute atomic E-state index is 0.132. The van der Waals surface area contributed by atoms with E-state index in [2.05, 4.69) is 10.3 Å². The molecule has 2 atom stereocenters. The Balaban J connectivity index is 2.65. The van der Waals surface area contributed by atoms with Crippen LogP contribution in [0.3, 0.4) is 0 Å². The van der Waals surface area contributed by atoms with Crippen molar-refractivity contribution < 1.29 is 13.4 Å². The van der Waals surface area contributed by atoms with Crippen molar-refractivity contribution in [3.8, 4) is 0 Å². The zero-order valence-corrected chi connectivity index (χ0v) is 11.1. The van der Waals surface area contributed by atoms with E-state index in [9.17, 15) is 13.4 Å². The Morgan fingerprint density at radius 1 is 1.67 bits per heavy atom. The molecule has 5 nitrogen and oxygen atoms in total. The van der Waals surface area contributed by atoms with Gasteiger partial charge in [0.1, 0.15) is 0 Å². The van der Waals surface area contributed by atoms with E-state index in [4.69, 9.17) is 5.73 Å². The summed E-state index contributed by atoms with van der Waals surface area (Å²) in [6.07, 6.45) is 3.44. The highest BCUT2D eigenvalue weighted by molar-refractivity contribution is 7.84. The van der Waals surface area contributed by atoms with E-state index in [1.165, 1.54) is 12.3 Å². The van der Waals surface area contributed by atoms with E-state index < -0.39 is 22.5 Å². The maximum absolute atomic E-state index is 13.5. The largest absolute Gasteiger partial charge is 0.381 e. The number of pyridine rings is 1. The molecule has 0 aliphatic carbocycles. The molecule has 2 unspecified atom stereocenters. The second kappa shape index (κ2) is 6.44. The molecule has 1 aromatic heterocycles. The summed E-state index contributed by atoms with van der Waals surface area (Å²) in [5.41, 5.74) is 5.15. The fourth-order valence-corrected chi connectivity index (χ4v) is 2.04. The van der Waals surface area contributed by atoms with Gasteiger partial charge in [-0.1, -0.05) is 0 Å². The number of hydrogen-bond donors (Lipinski definition) is 2. The Hall–Kier alpha value is -1.50. The summed E-state index contributed by atoms with van der Waals surface area (Å²) in [4.78, 5) is 15.3. The first-order chi connectivity index (χ1) is 8.41. The summed E-state index contributed by atoms with van der Waals surface area (Å²) in [7, 11) is -0.909. The molecule has 18 heavy (non-hydrogen) atoms. The zero-order valence-electron chi connectivity index (χ0n) is 10.3. The number of nitrogens with one attached hydrogen (secondary N) is 1. The molecule has 1 rings (SSSR count). The molecular formula is C11H16FN3O2S. The lowest BCUT2D eigenvalue weighted by Gasteiger charge is -2.13. The number of anilines is 1. The maximum atomic E-state index is 13.5. The van der Waals surface area contributed by atoms with E-state index in [1.54, 1.807) is 13.2 Å². The third-order valence-electron chi connectivity index (χ3n) is 2.38. The normalized spacial score (nSPS) is 13.9. The predicted octanol–water partition coefficient (Wildman–Crippen LogP) is 0.690. The summed E-state index contributed by atoms with van der Waals surface area (Å²) in [6.45, 7) is 1.77. The molecule has 0 aliphatic rings. The Labute approximate surface area is 107 Å². The zero-order chi connectivity index (χ0) is 13.7. The van der Waals surface area contributed by atoms with Crippen molar-refractivity contribution in [1.29, 1.82) is 0 Å². The van der Waals surface area contributed by atoms with Crippen molar-refractivity contribution in [2.24, 2.45) is 0 Å². The van der Waals surface area contributed by atoms with Gasteiger partial charge in [-0.05, 0) is 19.4 Å². The molecule has 1 heterocycles. The summed E-state index contributed by atoms with van der Waals surface area (Å²) in [5, 5.41) is 2.62. The van der Waals surface area contributed by atoms with Crippen molar-refractivity contribution in [1.82, 2.24) is 10.3 Å². The predicted molar refractivity (Wildman–Crippen MR) is 69.1 cm³/mol. The minimum atomic E-state index is -0.909. The van der Waals surface area contributed by atoms with E-state index in [1.807, 2.05) is 0 Å². The van der Waals surface area contributed by atoms with Crippen LogP contribution >= 0.6 is 0 Å². The molecule has 0 saturated heterocycles. The van der Waals surface area contributed by atoms with Crippen LogP contribution in [0.15, 0.2) is 12.3 Å². The standard InChI is InChI=1S/C11H16FN3O2S/c1-7(4-6-18(2)17)15-11(16)8-3-5-14-10(13)9(8)12/h3,5,7H,4,6H2,1-2H3,(H2,13,14)(H,15,16). The number of nitrogens with zero attached hydrogens (tertiary/aromatic N) is 1. The Morgan fingerprint density at radius 3 is 2.94 bits per heavy atom. The second-order valence-corrected chi connectivity index (χ2v) is 5.55. The van der Waals surface area contributed by atoms with Gasteiger partial charge in [-0.15, -0.1) is 0 Å². The Kier molecular flexibility index (Phi) is 5.21. The van der Waals surface area contributed by atoms with E-state index >= 15 is 0 Å². The van der Waals surface area contributed by atoms with Crippen molar-refractivity contribution in [2.45, 2.75) is 19.4 Å². The molecule has 0 bridgehead atoms. The van der Waals surface area contributed by atoms with E-state index in [-0.39, 0.29) is 17.4 Å². The SMILES string of the molecule is CC(CCS(C)=O)NC(=O)c1ccnc(N)c1F. The van der Waals surface area contributed by atoms with Gasteiger partial charge in [0.15, 0.2) is 11.6 Å². The summed E-state index contributed by atoms with van der Waals surface area (Å²) < 4.78 is 24.4. The monoisotopic (exact) mass is 273 g/mol. The van der Waals surface area contributed by atoms with Crippen LogP contribution in [0, 0.1) is 5.82 Å². The fourth-order valence-electron chi connectivity index (χ4n) is 1.35.